The number of carbonyl (C=O) groups excluding carboxylic acids is 1. The first-order valence-electron chi connectivity index (χ1n) is 2.90. The van der Waals surface area contributed by atoms with E-state index in [0.29, 0.717) is 0 Å². The van der Waals surface area contributed by atoms with E-state index in [1.54, 1.807) is 0 Å². The Balaban J connectivity index is 3.80. The quantitative estimate of drug-likeness (QED) is 0.595. The van der Waals surface area contributed by atoms with Crippen molar-refractivity contribution < 1.29 is 18.0 Å². The van der Waals surface area contributed by atoms with Crippen LogP contribution in [0.1, 0.15) is 20.3 Å². The van der Waals surface area contributed by atoms with E-state index in [4.69, 9.17) is 0 Å². The lowest BCUT2D eigenvalue weighted by molar-refractivity contribution is -0.151. The van der Waals surface area contributed by atoms with Crippen LogP contribution in [0.3, 0.4) is 0 Å². The van der Waals surface area contributed by atoms with Gasteiger partial charge in [0, 0.05) is 5.92 Å². The number of carbonyl (C=O) groups is 1. The summed E-state index contributed by atoms with van der Waals surface area (Å²) in [6.45, 7) is 2.44. The van der Waals surface area contributed by atoms with E-state index in [2.05, 4.69) is 0 Å². The van der Waals surface area contributed by atoms with Crippen LogP contribution in [-0.4, -0.2) is 12.0 Å². The number of alkyl halides is 3. The van der Waals surface area contributed by atoms with Gasteiger partial charge < -0.3 is 0 Å². The predicted octanol–water partition coefficient (Wildman–Crippen LogP) is 2.16. The Morgan fingerprint density at radius 1 is 1.50 bits per heavy atom. The summed E-state index contributed by atoms with van der Waals surface area (Å²) in [4.78, 5) is 10.3. The summed E-state index contributed by atoms with van der Waals surface area (Å²) in [6, 6.07) is 0. The van der Waals surface area contributed by atoms with Crippen LogP contribution >= 0.6 is 0 Å². The second-order valence-corrected chi connectivity index (χ2v) is 2.33. The van der Waals surface area contributed by atoms with Crippen LogP contribution in [0.5, 0.6) is 0 Å². The normalized spacial score (nSPS) is 14.9. The molecule has 0 unspecified atom stereocenters. The van der Waals surface area contributed by atoms with Gasteiger partial charge in [0.05, 0.1) is 6.42 Å². The molecule has 1 atom stereocenters. The molecule has 0 heterocycles. The van der Waals surface area contributed by atoms with Gasteiger partial charge in [0.25, 0.3) is 0 Å². The van der Waals surface area contributed by atoms with Crippen molar-refractivity contribution in [2.45, 2.75) is 26.4 Å². The molecule has 0 aliphatic carbocycles. The predicted molar refractivity (Wildman–Crippen MR) is 30.5 cm³/mol. The van der Waals surface area contributed by atoms with E-state index in [1.165, 1.54) is 6.92 Å². The minimum Gasteiger partial charge on any atom is -0.300 e. The summed E-state index contributed by atoms with van der Waals surface area (Å²) in [5.74, 6) is -1.32. The van der Waals surface area contributed by atoms with Crippen molar-refractivity contribution in [1.82, 2.24) is 0 Å². The highest BCUT2D eigenvalue weighted by molar-refractivity contribution is 5.77. The molecular formula is C6H9F3O. The summed E-state index contributed by atoms with van der Waals surface area (Å²) in [5, 5.41) is 0. The fourth-order valence-corrected chi connectivity index (χ4v) is 0.491. The lowest BCUT2D eigenvalue weighted by Gasteiger charge is -2.09. The molecule has 0 aromatic carbocycles. The fourth-order valence-electron chi connectivity index (χ4n) is 0.491. The molecule has 0 saturated heterocycles. The number of ketones is 1. The number of hydrogen-bond donors (Lipinski definition) is 0. The second kappa shape index (κ2) is 3.03. The molecule has 0 bridgehead atoms. The third kappa shape index (κ3) is 4.35. The summed E-state index contributed by atoms with van der Waals surface area (Å²) in [5.41, 5.74) is 0. The molecule has 60 valence electrons. The maximum absolute atomic E-state index is 11.5. The van der Waals surface area contributed by atoms with E-state index >= 15 is 0 Å². The van der Waals surface area contributed by atoms with Gasteiger partial charge in [0.1, 0.15) is 5.78 Å². The monoisotopic (exact) mass is 154 g/mol. The van der Waals surface area contributed by atoms with Gasteiger partial charge in [-0.1, -0.05) is 6.92 Å². The lowest BCUT2D eigenvalue weighted by atomic mass is 10.0. The molecule has 0 N–H and O–H groups in total. The molecule has 0 aromatic heterocycles. The van der Waals surface area contributed by atoms with E-state index in [0.717, 1.165) is 6.92 Å². The Labute approximate surface area is 57.2 Å². The van der Waals surface area contributed by atoms with Crippen LogP contribution in [0.25, 0.3) is 0 Å². The third-order valence-electron chi connectivity index (χ3n) is 1.23. The Hall–Kier alpha value is -0.540. The van der Waals surface area contributed by atoms with Crippen LogP contribution in [0.2, 0.25) is 0 Å². The molecule has 1 nitrogen and oxygen atoms in total. The average Bonchev–Trinajstić information content (AvgIpc) is 1.60. The van der Waals surface area contributed by atoms with E-state index < -0.39 is 24.3 Å². The molecule has 0 amide bonds. The first-order chi connectivity index (χ1) is 4.33. The summed E-state index contributed by atoms with van der Waals surface area (Å²) < 4.78 is 34.5. The summed E-state index contributed by atoms with van der Waals surface area (Å²) >= 11 is 0. The van der Waals surface area contributed by atoms with E-state index in [9.17, 15) is 18.0 Å². The molecule has 0 rings (SSSR count). The van der Waals surface area contributed by atoms with Gasteiger partial charge in [-0.05, 0) is 6.92 Å². The van der Waals surface area contributed by atoms with Crippen molar-refractivity contribution in [3.8, 4) is 0 Å². The summed E-state index contributed by atoms with van der Waals surface area (Å²) in [6.07, 6.45) is -5.23. The van der Waals surface area contributed by atoms with Crippen LogP contribution in [-0.2, 0) is 4.79 Å². The molecule has 0 fully saturated rings. The Morgan fingerprint density at radius 3 is 2.00 bits per heavy atom. The highest BCUT2D eigenvalue weighted by Crippen LogP contribution is 2.24. The molecule has 0 radical (unpaired) electrons. The standard InChI is InChI=1S/C6H9F3O/c1-4(5(2)10)3-6(7,8)9/h4H,3H2,1-2H3/t4-/m0/s1. The average molecular weight is 154 g/mol. The molecule has 4 heteroatoms. The van der Waals surface area contributed by atoms with E-state index in [1.807, 2.05) is 0 Å². The van der Waals surface area contributed by atoms with Crippen molar-refractivity contribution in [3.63, 3.8) is 0 Å². The van der Waals surface area contributed by atoms with Gasteiger partial charge in [-0.2, -0.15) is 13.2 Å². The zero-order valence-electron chi connectivity index (χ0n) is 5.83. The summed E-state index contributed by atoms with van der Waals surface area (Å²) in [7, 11) is 0. The van der Waals surface area contributed by atoms with Gasteiger partial charge in [-0.15, -0.1) is 0 Å². The lowest BCUT2D eigenvalue weighted by Crippen LogP contribution is -2.17. The van der Waals surface area contributed by atoms with Gasteiger partial charge in [-0.25, -0.2) is 0 Å². The van der Waals surface area contributed by atoms with Crippen molar-refractivity contribution in [2.75, 3.05) is 0 Å². The van der Waals surface area contributed by atoms with Crippen LogP contribution in [0.4, 0.5) is 13.2 Å². The van der Waals surface area contributed by atoms with Crippen LogP contribution in [0.15, 0.2) is 0 Å². The molecule has 10 heavy (non-hydrogen) atoms. The van der Waals surface area contributed by atoms with Crippen LogP contribution < -0.4 is 0 Å². The zero-order chi connectivity index (χ0) is 8.36. The van der Waals surface area contributed by atoms with Crippen LogP contribution in [0, 0.1) is 5.92 Å². The minimum atomic E-state index is -4.22. The van der Waals surface area contributed by atoms with Gasteiger partial charge >= 0.3 is 6.18 Å². The molecule has 0 aromatic rings. The highest BCUT2D eigenvalue weighted by atomic mass is 19.4. The van der Waals surface area contributed by atoms with Crippen molar-refractivity contribution >= 4 is 5.78 Å². The Bertz CT molecular complexity index is 127. The number of halogens is 3. The molecule has 0 aliphatic rings. The fraction of sp³-hybridized carbons (Fsp3) is 0.833. The third-order valence-corrected chi connectivity index (χ3v) is 1.23. The van der Waals surface area contributed by atoms with Gasteiger partial charge in [0.2, 0.25) is 0 Å². The largest absolute Gasteiger partial charge is 0.389 e. The molecule has 0 aliphatic heterocycles. The molecule has 0 spiro atoms. The highest BCUT2D eigenvalue weighted by Gasteiger charge is 2.31. The van der Waals surface area contributed by atoms with Gasteiger partial charge in [0.15, 0.2) is 0 Å². The maximum atomic E-state index is 11.5. The van der Waals surface area contributed by atoms with Crippen molar-refractivity contribution in [3.05, 3.63) is 0 Å². The number of rotatable bonds is 2. The SMILES string of the molecule is CC(=O)[C@@H](C)CC(F)(F)F. The molecule has 0 saturated carbocycles. The first kappa shape index (κ1) is 9.46. The topological polar surface area (TPSA) is 17.1 Å². The second-order valence-electron chi connectivity index (χ2n) is 2.33. The minimum absolute atomic E-state index is 0.419. The first-order valence-corrected chi connectivity index (χ1v) is 2.90. The van der Waals surface area contributed by atoms with Crippen molar-refractivity contribution in [2.24, 2.45) is 5.92 Å². The van der Waals surface area contributed by atoms with E-state index in [-0.39, 0.29) is 0 Å². The number of Topliss-reactive ketones (excluding diaryl/α,β-unsaturated/α-hetero) is 1. The maximum Gasteiger partial charge on any atom is 0.389 e. The zero-order valence-corrected chi connectivity index (χ0v) is 5.83. The smallest absolute Gasteiger partial charge is 0.300 e. The Morgan fingerprint density at radius 2 is 1.90 bits per heavy atom. The molecular weight excluding hydrogens is 145 g/mol. The number of hydrogen-bond acceptors (Lipinski definition) is 1. The Kier molecular flexibility index (Phi) is 2.87. The van der Waals surface area contributed by atoms with Crippen molar-refractivity contribution in [1.29, 1.82) is 0 Å². The van der Waals surface area contributed by atoms with Gasteiger partial charge in [-0.3, -0.25) is 4.79 Å².